The van der Waals surface area contributed by atoms with E-state index in [1.807, 2.05) is 0 Å². The highest BCUT2D eigenvalue weighted by Crippen LogP contribution is 2.25. The molecule has 1 aromatic rings. The van der Waals surface area contributed by atoms with Crippen molar-refractivity contribution in [1.29, 1.82) is 0 Å². The number of aryl methyl sites for hydroxylation is 1. The van der Waals surface area contributed by atoms with Gasteiger partial charge in [0, 0.05) is 19.6 Å². The highest BCUT2D eigenvalue weighted by molar-refractivity contribution is 5.38. The minimum absolute atomic E-state index is 0.0721. The minimum Gasteiger partial charge on any atom is -0.493 e. The molecule has 0 atom stereocenters. The van der Waals surface area contributed by atoms with E-state index in [4.69, 9.17) is 4.74 Å². The maximum Gasteiger partial charge on any atom is 0.122 e. The molecule has 1 aromatic carbocycles. The zero-order valence-electron chi connectivity index (χ0n) is 11.5. The van der Waals surface area contributed by atoms with Crippen LogP contribution in [0.3, 0.4) is 0 Å². The fraction of sp³-hybridized carbons (Fsp3) is 0.625. The van der Waals surface area contributed by atoms with Gasteiger partial charge in [0.2, 0.25) is 0 Å². The van der Waals surface area contributed by atoms with E-state index in [0.717, 1.165) is 64.1 Å². The van der Waals surface area contributed by atoms with Crippen LogP contribution in [0, 0.1) is 0 Å². The largest absolute Gasteiger partial charge is 0.493 e. The van der Waals surface area contributed by atoms with Gasteiger partial charge in [-0.25, -0.2) is 0 Å². The standard InChI is InChI=1S/C16H23NO2/c18-15-6-9-17(10-7-15)8-5-13-3-4-16-14(12-13)2-1-11-19-16/h3-4,12,15,18H,1-2,5-11H2. The molecule has 1 N–H and O–H groups in total. The van der Waals surface area contributed by atoms with Crippen LogP contribution in [0.15, 0.2) is 18.2 Å². The molecule has 0 unspecified atom stereocenters. The van der Waals surface area contributed by atoms with Crippen molar-refractivity contribution in [3.8, 4) is 5.75 Å². The second-order valence-electron chi connectivity index (χ2n) is 5.72. The molecule has 1 saturated heterocycles. The molecule has 19 heavy (non-hydrogen) atoms. The molecule has 104 valence electrons. The SMILES string of the molecule is OC1CCN(CCc2ccc3c(c2)CCCO3)CC1. The van der Waals surface area contributed by atoms with Crippen LogP contribution < -0.4 is 4.74 Å². The lowest BCUT2D eigenvalue weighted by molar-refractivity contribution is 0.0832. The van der Waals surface area contributed by atoms with E-state index in [9.17, 15) is 5.11 Å². The lowest BCUT2D eigenvalue weighted by atomic mass is 10.0. The molecule has 0 saturated carbocycles. The lowest BCUT2D eigenvalue weighted by Gasteiger charge is -2.29. The van der Waals surface area contributed by atoms with Crippen molar-refractivity contribution in [2.45, 2.75) is 38.2 Å². The van der Waals surface area contributed by atoms with Crippen LogP contribution in [0.4, 0.5) is 0 Å². The van der Waals surface area contributed by atoms with E-state index in [1.165, 1.54) is 11.1 Å². The summed E-state index contributed by atoms with van der Waals surface area (Å²) in [6, 6.07) is 6.64. The molecule has 3 heteroatoms. The quantitative estimate of drug-likeness (QED) is 0.903. The van der Waals surface area contributed by atoms with Crippen molar-refractivity contribution in [1.82, 2.24) is 4.90 Å². The number of likely N-dealkylation sites (tertiary alicyclic amines) is 1. The summed E-state index contributed by atoms with van der Waals surface area (Å²) in [6.45, 7) is 4.04. The van der Waals surface area contributed by atoms with Gasteiger partial charge in [-0.1, -0.05) is 12.1 Å². The van der Waals surface area contributed by atoms with E-state index >= 15 is 0 Å². The van der Waals surface area contributed by atoms with Gasteiger partial charge in [-0.2, -0.15) is 0 Å². The lowest BCUT2D eigenvalue weighted by Crippen LogP contribution is -2.37. The number of benzene rings is 1. The molecule has 3 rings (SSSR count). The van der Waals surface area contributed by atoms with Gasteiger partial charge in [0.1, 0.15) is 5.75 Å². The second kappa shape index (κ2) is 5.93. The summed E-state index contributed by atoms with van der Waals surface area (Å²) in [4.78, 5) is 2.46. The zero-order chi connectivity index (χ0) is 13.1. The van der Waals surface area contributed by atoms with Crippen LogP contribution in [0.2, 0.25) is 0 Å². The van der Waals surface area contributed by atoms with E-state index < -0.39 is 0 Å². The number of ether oxygens (including phenoxy) is 1. The fourth-order valence-electron chi connectivity index (χ4n) is 3.00. The number of rotatable bonds is 3. The molecule has 0 radical (unpaired) electrons. The fourth-order valence-corrected chi connectivity index (χ4v) is 3.00. The molecular formula is C16H23NO2. The molecule has 0 aromatic heterocycles. The predicted molar refractivity (Wildman–Crippen MR) is 75.6 cm³/mol. The first-order chi connectivity index (χ1) is 9.31. The van der Waals surface area contributed by atoms with Gasteiger partial charge in [-0.15, -0.1) is 0 Å². The van der Waals surface area contributed by atoms with Crippen molar-refractivity contribution in [3.05, 3.63) is 29.3 Å². The van der Waals surface area contributed by atoms with E-state index in [0.29, 0.717) is 0 Å². The normalized spacial score (nSPS) is 20.9. The number of fused-ring (bicyclic) bond motifs is 1. The van der Waals surface area contributed by atoms with Gasteiger partial charge in [0.25, 0.3) is 0 Å². The van der Waals surface area contributed by atoms with Gasteiger partial charge in [-0.3, -0.25) is 0 Å². The average molecular weight is 261 g/mol. The summed E-state index contributed by atoms with van der Waals surface area (Å²) in [5.41, 5.74) is 2.79. The average Bonchev–Trinajstić information content (AvgIpc) is 2.46. The maximum absolute atomic E-state index is 9.50. The number of aliphatic hydroxyl groups is 1. The van der Waals surface area contributed by atoms with Crippen molar-refractivity contribution in [2.24, 2.45) is 0 Å². The van der Waals surface area contributed by atoms with Gasteiger partial charge >= 0.3 is 0 Å². The number of nitrogens with zero attached hydrogens (tertiary/aromatic N) is 1. The molecule has 0 spiro atoms. The number of hydrogen-bond donors (Lipinski definition) is 1. The Balaban J connectivity index is 1.55. The minimum atomic E-state index is -0.0721. The summed E-state index contributed by atoms with van der Waals surface area (Å²) >= 11 is 0. The highest BCUT2D eigenvalue weighted by atomic mass is 16.5. The number of aliphatic hydroxyl groups excluding tert-OH is 1. The summed E-state index contributed by atoms with van der Waals surface area (Å²) in [5, 5.41) is 9.50. The first-order valence-corrected chi connectivity index (χ1v) is 7.46. The molecule has 0 aliphatic carbocycles. The Morgan fingerprint density at radius 3 is 2.95 bits per heavy atom. The monoisotopic (exact) mass is 261 g/mol. The van der Waals surface area contributed by atoms with Crippen molar-refractivity contribution < 1.29 is 9.84 Å². The molecule has 0 amide bonds. The molecule has 3 nitrogen and oxygen atoms in total. The van der Waals surface area contributed by atoms with Crippen LogP contribution >= 0.6 is 0 Å². The molecule has 2 aliphatic heterocycles. The highest BCUT2D eigenvalue weighted by Gasteiger charge is 2.17. The van der Waals surface area contributed by atoms with E-state index in [1.54, 1.807) is 0 Å². The third-order valence-corrected chi connectivity index (χ3v) is 4.25. The summed E-state index contributed by atoms with van der Waals surface area (Å²) < 4.78 is 5.65. The molecule has 2 aliphatic rings. The first kappa shape index (κ1) is 12.9. The van der Waals surface area contributed by atoms with Crippen LogP contribution in [-0.4, -0.2) is 42.4 Å². The van der Waals surface area contributed by atoms with Crippen molar-refractivity contribution in [2.75, 3.05) is 26.2 Å². The second-order valence-corrected chi connectivity index (χ2v) is 5.72. The van der Waals surface area contributed by atoms with Crippen molar-refractivity contribution >= 4 is 0 Å². The summed E-state index contributed by atoms with van der Waals surface area (Å²) in [6.07, 6.45) is 5.18. The zero-order valence-corrected chi connectivity index (χ0v) is 11.5. The summed E-state index contributed by atoms with van der Waals surface area (Å²) in [7, 11) is 0. The van der Waals surface area contributed by atoms with E-state index in [-0.39, 0.29) is 6.10 Å². The number of piperidine rings is 1. The Kier molecular flexibility index (Phi) is 4.04. The Morgan fingerprint density at radius 2 is 2.11 bits per heavy atom. The topological polar surface area (TPSA) is 32.7 Å². The third kappa shape index (κ3) is 3.28. The third-order valence-electron chi connectivity index (χ3n) is 4.25. The predicted octanol–water partition coefficient (Wildman–Crippen LogP) is 2.01. The molecular weight excluding hydrogens is 238 g/mol. The molecule has 1 fully saturated rings. The van der Waals surface area contributed by atoms with Crippen LogP contribution in [-0.2, 0) is 12.8 Å². The van der Waals surface area contributed by atoms with Crippen LogP contribution in [0.25, 0.3) is 0 Å². The smallest absolute Gasteiger partial charge is 0.122 e. The van der Waals surface area contributed by atoms with Gasteiger partial charge < -0.3 is 14.7 Å². The van der Waals surface area contributed by atoms with Crippen LogP contribution in [0.5, 0.6) is 5.75 Å². The van der Waals surface area contributed by atoms with Crippen LogP contribution in [0.1, 0.15) is 30.4 Å². The Bertz CT molecular complexity index is 425. The van der Waals surface area contributed by atoms with Gasteiger partial charge in [-0.05, 0) is 49.3 Å². The molecule has 0 bridgehead atoms. The Hall–Kier alpha value is -1.06. The summed E-state index contributed by atoms with van der Waals surface area (Å²) in [5.74, 6) is 1.08. The maximum atomic E-state index is 9.50. The van der Waals surface area contributed by atoms with Crippen molar-refractivity contribution in [3.63, 3.8) is 0 Å². The van der Waals surface area contributed by atoms with Gasteiger partial charge in [0.15, 0.2) is 0 Å². The Morgan fingerprint density at radius 1 is 1.26 bits per heavy atom. The Labute approximate surface area is 115 Å². The first-order valence-electron chi connectivity index (χ1n) is 7.46. The number of hydrogen-bond acceptors (Lipinski definition) is 3. The van der Waals surface area contributed by atoms with Gasteiger partial charge in [0.05, 0.1) is 12.7 Å². The molecule has 2 heterocycles. The van der Waals surface area contributed by atoms with E-state index in [2.05, 4.69) is 23.1 Å².